The minimum atomic E-state index is -1.37. The van der Waals surface area contributed by atoms with E-state index in [2.05, 4.69) is 5.32 Å². The molecule has 0 unspecified atom stereocenters. The van der Waals surface area contributed by atoms with Crippen molar-refractivity contribution in [3.05, 3.63) is 35.9 Å². The Labute approximate surface area is 128 Å². The van der Waals surface area contributed by atoms with Crippen molar-refractivity contribution >= 4 is 17.6 Å². The van der Waals surface area contributed by atoms with E-state index < -0.39 is 24.0 Å². The SMILES string of the molecule is NC(=O)[C@@H](NC(=O)[C@@H](O)c1ccccc1)[C@H]1CCCC(=O)C1. The van der Waals surface area contributed by atoms with Gasteiger partial charge in [0.05, 0.1) is 0 Å². The van der Waals surface area contributed by atoms with Crippen LogP contribution in [0.15, 0.2) is 30.3 Å². The molecule has 6 heteroatoms. The number of nitrogens with one attached hydrogen (secondary N) is 1. The lowest BCUT2D eigenvalue weighted by molar-refractivity contribution is -0.135. The van der Waals surface area contributed by atoms with Crippen LogP contribution in [0.2, 0.25) is 0 Å². The summed E-state index contributed by atoms with van der Waals surface area (Å²) in [4.78, 5) is 35.3. The fourth-order valence-electron chi connectivity index (χ4n) is 2.78. The largest absolute Gasteiger partial charge is 0.378 e. The first-order valence-corrected chi connectivity index (χ1v) is 7.33. The molecular formula is C16H20N2O4. The lowest BCUT2D eigenvalue weighted by Gasteiger charge is -2.28. The van der Waals surface area contributed by atoms with Gasteiger partial charge in [0, 0.05) is 12.8 Å². The predicted octanol–water partition coefficient (Wildman–Crippen LogP) is 0.449. The van der Waals surface area contributed by atoms with Crippen LogP contribution in [0.25, 0.3) is 0 Å². The van der Waals surface area contributed by atoms with E-state index in [0.717, 1.165) is 0 Å². The number of primary amides is 1. The van der Waals surface area contributed by atoms with Crippen LogP contribution in [0.5, 0.6) is 0 Å². The molecule has 0 bridgehead atoms. The van der Waals surface area contributed by atoms with Gasteiger partial charge in [0.25, 0.3) is 5.91 Å². The molecule has 4 N–H and O–H groups in total. The summed E-state index contributed by atoms with van der Waals surface area (Å²) < 4.78 is 0. The molecule has 118 valence electrons. The number of aliphatic hydroxyl groups is 1. The molecular weight excluding hydrogens is 284 g/mol. The van der Waals surface area contributed by atoms with Crippen LogP contribution < -0.4 is 11.1 Å². The van der Waals surface area contributed by atoms with Crippen LogP contribution in [0.1, 0.15) is 37.4 Å². The van der Waals surface area contributed by atoms with Crippen molar-refractivity contribution in [2.75, 3.05) is 0 Å². The van der Waals surface area contributed by atoms with Crippen LogP contribution in [0.4, 0.5) is 0 Å². The molecule has 6 nitrogen and oxygen atoms in total. The Balaban J connectivity index is 2.06. The highest BCUT2D eigenvalue weighted by molar-refractivity contribution is 5.90. The van der Waals surface area contributed by atoms with Gasteiger partial charge in [0.15, 0.2) is 6.10 Å². The first-order valence-electron chi connectivity index (χ1n) is 7.33. The standard InChI is InChI=1S/C16H20N2O4/c17-15(21)13(11-7-4-8-12(19)9-11)18-16(22)14(20)10-5-2-1-3-6-10/h1-3,5-6,11,13-14,20H,4,7-9H2,(H2,17,21)(H,18,22)/t11-,13-,14-/m0/s1. The van der Waals surface area contributed by atoms with Gasteiger partial charge in [-0.2, -0.15) is 0 Å². The number of Topliss-reactive ketones (excluding diaryl/α,β-unsaturated/α-hetero) is 1. The Kier molecular flexibility index (Phi) is 5.27. The molecule has 0 aromatic heterocycles. The van der Waals surface area contributed by atoms with Gasteiger partial charge in [-0.1, -0.05) is 30.3 Å². The number of aliphatic hydroxyl groups excluding tert-OH is 1. The molecule has 1 fully saturated rings. The number of nitrogens with two attached hydrogens (primary N) is 1. The number of carbonyl (C=O) groups is 3. The third-order valence-corrected chi connectivity index (χ3v) is 3.96. The summed E-state index contributed by atoms with van der Waals surface area (Å²) in [5.74, 6) is -1.60. The van der Waals surface area contributed by atoms with Crippen LogP contribution in [-0.4, -0.2) is 28.7 Å². The Hall–Kier alpha value is -2.21. The second-order valence-electron chi connectivity index (χ2n) is 5.60. The number of amides is 2. The van der Waals surface area contributed by atoms with Crippen LogP contribution in [0.3, 0.4) is 0 Å². The zero-order valence-corrected chi connectivity index (χ0v) is 12.2. The van der Waals surface area contributed by atoms with Gasteiger partial charge in [-0.25, -0.2) is 0 Å². The first kappa shape index (κ1) is 16.2. The van der Waals surface area contributed by atoms with E-state index in [4.69, 9.17) is 5.73 Å². The van der Waals surface area contributed by atoms with Gasteiger partial charge < -0.3 is 16.2 Å². The van der Waals surface area contributed by atoms with Crippen molar-refractivity contribution in [3.63, 3.8) is 0 Å². The fraction of sp³-hybridized carbons (Fsp3) is 0.438. The summed E-state index contributed by atoms with van der Waals surface area (Å²) in [5.41, 5.74) is 5.79. The van der Waals surface area contributed by atoms with Crippen LogP contribution >= 0.6 is 0 Å². The zero-order valence-electron chi connectivity index (χ0n) is 12.2. The summed E-state index contributed by atoms with van der Waals surface area (Å²) in [6, 6.07) is 7.49. The van der Waals surface area contributed by atoms with E-state index in [1.54, 1.807) is 30.3 Å². The Bertz CT molecular complexity index is 559. The molecule has 0 saturated heterocycles. The molecule has 1 aromatic rings. The lowest BCUT2D eigenvalue weighted by Crippen LogP contribution is -2.51. The van der Waals surface area contributed by atoms with Crippen molar-refractivity contribution in [1.29, 1.82) is 0 Å². The van der Waals surface area contributed by atoms with E-state index in [0.29, 0.717) is 24.8 Å². The van der Waals surface area contributed by atoms with Crippen molar-refractivity contribution in [2.24, 2.45) is 11.7 Å². The molecule has 0 aliphatic heterocycles. The van der Waals surface area contributed by atoms with E-state index in [1.807, 2.05) is 0 Å². The second kappa shape index (κ2) is 7.17. The summed E-state index contributed by atoms with van der Waals surface area (Å²) in [6.45, 7) is 0. The highest BCUT2D eigenvalue weighted by Crippen LogP contribution is 2.25. The van der Waals surface area contributed by atoms with Gasteiger partial charge in [-0.3, -0.25) is 14.4 Å². The second-order valence-corrected chi connectivity index (χ2v) is 5.60. The highest BCUT2D eigenvalue weighted by atomic mass is 16.3. The van der Waals surface area contributed by atoms with Crippen LogP contribution in [-0.2, 0) is 14.4 Å². The van der Waals surface area contributed by atoms with Crippen molar-refractivity contribution in [2.45, 2.75) is 37.8 Å². The summed E-state index contributed by atoms with van der Waals surface area (Å²) in [7, 11) is 0. The molecule has 1 aliphatic carbocycles. The highest BCUT2D eigenvalue weighted by Gasteiger charge is 2.33. The topological polar surface area (TPSA) is 109 Å². The molecule has 1 aliphatic rings. The lowest BCUT2D eigenvalue weighted by atomic mass is 9.82. The summed E-state index contributed by atoms with van der Waals surface area (Å²) in [5, 5.41) is 12.5. The van der Waals surface area contributed by atoms with E-state index >= 15 is 0 Å². The monoisotopic (exact) mass is 304 g/mol. The maximum Gasteiger partial charge on any atom is 0.254 e. The molecule has 0 radical (unpaired) electrons. The number of hydrogen-bond acceptors (Lipinski definition) is 4. The number of benzene rings is 1. The molecule has 2 rings (SSSR count). The summed E-state index contributed by atoms with van der Waals surface area (Å²) >= 11 is 0. The Morgan fingerprint density at radius 1 is 1.27 bits per heavy atom. The Morgan fingerprint density at radius 2 is 1.95 bits per heavy atom. The quantitative estimate of drug-likeness (QED) is 0.733. The minimum Gasteiger partial charge on any atom is -0.378 e. The average molecular weight is 304 g/mol. The minimum absolute atomic E-state index is 0.0698. The molecule has 1 aromatic carbocycles. The number of hydrogen-bond donors (Lipinski definition) is 3. The third kappa shape index (κ3) is 3.92. The van der Waals surface area contributed by atoms with E-state index in [-0.39, 0.29) is 18.1 Å². The fourth-order valence-corrected chi connectivity index (χ4v) is 2.78. The zero-order chi connectivity index (χ0) is 16.1. The van der Waals surface area contributed by atoms with Gasteiger partial charge in [0.2, 0.25) is 5.91 Å². The normalized spacial score (nSPS) is 21.0. The van der Waals surface area contributed by atoms with Crippen molar-refractivity contribution < 1.29 is 19.5 Å². The van der Waals surface area contributed by atoms with Crippen molar-refractivity contribution in [1.82, 2.24) is 5.32 Å². The Morgan fingerprint density at radius 3 is 2.55 bits per heavy atom. The van der Waals surface area contributed by atoms with Gasteiger partial charge >= 0.3 is 0 Å². The number of rotatable bonds is 5. The van der Waals surface area contributed by atoms with Gasteiger partial charge in [0.1, 0.15) is 11.8 Å². The smallest absolute Gasteiger partial charge is 0.254 e. The maximum absolute atomic E-state index is 12.1. The van der Waals surface area contributed by atoms with Crippen LogP contribution in [0, 0.1) is 5.92 Å². The molecule has 0 spiro atoms. The number of ketones is 1. The van der Waals surface area contributed by atoms with Crippen molar-refractivity contribution in [3.8, 4) is 0 Å². The molecule has 22 heavy (non-hydrogen) atoms. The average Bonchev–Trinajstić information content (AvgIpc) is 2.52. The molecule has 1 saturated carbocycles. The maximum atomic E-state index is 12.1. The molecule has 2 amide bonds. The van der Waals surface area contributed by atoms with Gasteiger partial charge in [-0.05, 0) is 24.3 Å². The third-order valence-electron chi connectivity index (χ3n) is 3.96. The first-order chi connectivity index (χ1) is 10.5. The van der Waals surface area contributed by atoms with E-state index in [1.165, 1.54) is 0 Å². The predicted molar refractivity (Wildman–Crippen MR) is 79.5 cm³/mol. The molecule has 3 atom stereocenters. The van der Waals surface area contributed by atoms with Gasteiger partial charge in [-0.15, -0.1) is 0 Å². The number of carbonyl (C=O) groups excluding carboxylic acids is 3. The summed E-state index contributed by atoms with van der Waals surface area (Å²) in [6.07, 6.45) is 0.700. The molecule has 0 heterocycles. The van der Waals surface area contributed by atoms with E-state index in [9.17, 15) is 19.5 Å².